The van der Waals surface area contributed by atoms with Crippen molar-refractivity contribution in [1.29, 1.82) is 0 Å². The van der Waals surface area contributed by atoms with Crippen LogP contribution in [-0.2, 0) is 26.4 Å². The molecule has 0 radical (unpaired) electrons. The molecule has 0 saturated heterocycles. The minimum atomic E-state index is -0.392. The van der Waals surface area contributed by atoms with E-state index in [1.54, 1.807) is 13.3 Å². The average Bonchev–Trinajstić information content (AvgIpc) is 3.35. The summed E-state index contributed by atoms with van der Waals surface area (Å²) in [5.74, 6) is 1.40. The van der Waals surface area contributed by atoms with Crippen LogP contribution in [0.3, 0.4) is 0 Å². The van der Waals surface area contributed by atoms with E-state index in [1.165, 1.54) is 0 Å². The predicted molar refractivity (Wildman–Crippen MR) is 110 cm³/mol. The number of carbonyl (C=O) groups is 1. The van der Waals surface area contributed by atoms with Crippen LogP contribution in [0.25, 0.3) is 0 Å². The lowest BCUT2D eigenvalue weighted by molar-refractivity contribution is 0.0929. The number of amides is 1. The Kier molecular flexibility index (Phi) is 5.38. The highest BCUT2D eigenvalue weighted by atomic mass is 16.5. The molecule has 2 aromatic heterocycles. The van der Waals surface area contributed by atoms with Crippen molar-refractivity contribution in [2.75, 3.05) is 7.11 Å². The molecule has 0 bridgehead atoms. The van der Waals surface area contributed by atoms with E-state index in [0.29, 0.717) is 12.2 Å². The lowest BCUT2D eigenvalue weighted by Gasteiger charge is -2.21. The molecule has 152 valence electrons. The highest BCUT2D eigenvalue weighted by Gasteiger charge is 2.28. The Bertz CT molecular complexity index is 1020. The summed E-state index contributed by atoms with van der Waals surface area (Å²) in [4.78, 5) is 18.0. The summed E-state index contributed by atoms with van der Waals surface area (Å²) in [6, 6.07) is 7.34. The van der Waals surface area contributed by atoms with E-state index >= 15 is 0 Å². The van der Waals surface area contributed by atoms with Crippen LogP contribution in [-0.4, -0.2) is 32.3 Å². The van der Waals surface area contributed by atoms with E-state index < -0.39 is 6.04 Å². The fourth-order valence-corrected chi connectivity index (χ4v) is 4.06. The molecule has 0 fully saturated rings. The zero-order chi connectivity index (χ0) is 20.4. The molecule has 3 aromatic rings. The van der Waals surface area contributed by atoms with Gasteiger partial charge in [-0.2, -0.15) is 5.10 Å². The van der Waals surface area contributed by atoms with Gasteiger partial charge in [-0.25, -0.2) is 4.98 Å². The van der Waals surface area contributed by atoms with Crippen LogP contribution < -0.4 is 10.1 Å². The van der Waals surface area contributed by atoms with E-state index in [9.17, 15) is 4.79 Å². The zero-order valence-electron chi connectivity index (χ0n) is 17.2. The number of ether oxygens (including phenoxy) is 1. The van der Waals surface area contributed by atoms with Crippen LogP contribution >= 0.6 is 0 Å². The molecule has 1 amide bonds. The van der Waals surface area contributed by atoms with Gasteiger partial charge in [0.05, 0.1) is 12.8 Å². The molecule has 7 nitrogen and oxygen atoms in total. The van der Waals surface area contributed by atoms with Gasteiger partial charge < -0.3 is 14.6 Å². The van der Waals surface area contributed by atoms with E-state index in [1.807, 2.05) is 53.7 Å². The highest BCUT2D eigenvalue weighted by molar-refractivity contribution is 5.95. The summed E-state index contributed by atoms with van der Waals surface area (Å²) in [5.41, 5.74) is 3.77. The van der Waals surface area contributed by atoms with Crippen LogP contribution in [0.15, 0.2) is 36.7 Å². The van der Waals surface area contributed by atoms with E-state index in [-0.39, 0.29) is 5.91 Å². The molecular weight excluding hydrogens is 366 g/mol. The smallest absolute Gasteiger partial charge is 0.270 e. The Hall–Kier alpha value is -3.09. The molecule has 2 heterocycles. The third-order valence-electron chi connectivity index (χ3n) is 5.56. The largest absolute Gasteiger partial charge is 0.497 e. The number of hydrogen-bond acceptors (Lipinski definition) is 4. The van der Waals surface area contributed by atoms with Crippen molar-refractivity contribution in [3.8, 4) is 5.75 Å². The molecule has 1 atom stereocenters. The number of fused-ring (bicyclic) bond motifs is 1. The van der Waals surface area contributed by atoms with Crippen LogP contribution in [0.4, 0.5) is 0 Å². The van der Waals surface area contributed by atoms with Crippen LogP contribution in [0.2, 0.25) is 0 Å². The normalized spacial score (nSPS) is 14.3. The topological polar surface area (TPSA) is 74.0 Å². The molecular formula is C22H27N5O2. The minimum absolute atomic E-state index is 0.113. The van der Waals surface area contributed by atoms with Gasteiger partial charge in [0.15, 0.2) is 0 Å². The summed E-state index contributed by atoms with van der Waals surface area (Å²) in [5, 5.41) is 7.91. The van der Waals surface area contributed by atoms with Crippen LogP contribution in [0, 0.1) is 0 Å². The van der Waals surface area contributed by atoms with Gasteiger partial charge in [0.1, 0.15) is 23.3 Å². The van der Waals surface area contributed by atoms with Gasteiger partial charge in [-0.3, -0.25) is 9.48 Å². The maximum absolute atomic E-state index is 13.5. The second-order valence-corrected chi connectivity index (χ2v) is 7.38. The number of rotatable bonds is 6. The van der Waals surface area contributed by atoms with Gasteiger partial charge in [0, 0.05) is 31.5 Å². The fourth-order valence-electron chi connectivity index (χ4n) is 4.06. The quantitative estimate of drug-likeness (QED) is 0.699. The summed E-state index contributed by atoms with van der Waals surface area (Å²) in [7, 11) is 3.57. The summed E-state index contributed by atoms with van der Waals surface area (Å²) >= 11 is 0. The lowest BCUT2D eigenvalue weighted by atomic mass is 9.95. The summed E-state index contributed by atoms with van der Waals surface area (Å²) < 4.78 is 9.15. The second kappa shape index (κ2) is 8.11. The first-order valence-electron chi connectivity index (χ1n) is 10.1. The molecule has 1 aliphatic rings. The van der Waals surface area contributed by atoms with Crippen molar-refractivity contribution < 1.29 is 9.53 Å². The average molecular weight is 393 g/mol. The van der Waals surface area contributed by atoms with E-state index in [0.717, 1.165) is 54.1 Å². The van der Waals surface area contributed by atoms with Gasteiger partial charge in [-0.05, 0) is 50.3 Å². The first-order valence-corrected chi connectivity index (χ1v) is 10.1. The SMILES string of the molecule is CCn1nc2c(c1C(=O)N[C@@H](c1cccc(OC)c1)c1nccn1C)CCCC2. The number of nitrogens with zero attached hydrogens (tertiary/aromatic N) is 4. The Morgan fingerprint density at radius 1 is 1.31 bits per heavy atom. The maximum Gasteiger partial charge on any atom is 0.270 e. The number of methoxy groups -OCH3 is 1. The number of nitrogens with one attached hydrogen (secondary N) is 1. The molecule has 1 aliphatic carbocycles. The van der Waals surface area contributed by atoms with Gasteiger partial charge in [-0.15, -0.1) is 0 Å². The van der Waals surface area contributed by atoms with Crippen molar-refractivity contribution in [2.24, 2.45) is 7.05 Å². The third kappa shape index (κ3) is 3.64. The first kappa shape index (κ1) is 19.2. The molecule has 29 heavy (non-hydrogen) atoms. The van der Waals surface area contributed by atoms with E-state index in [4.69, 9.17) is 9.84 Å². The van der Waals surface area contributed by atoms with Gasteiger partial charge in [0.25, 0.3) is 5.91 Å². The predicted octanol–water partition coefficient (Wildman–Crippen LogP) is 3.04. The molecule has 1 N–H and O–H groups in total. The zero-order valence-corrected chi connectivity index (χ0v) is 17.2. The molecule has 0 spiro atoms. The van der Waals surface area contributed by atoms with Gasteiger partial charge in [0.2, 0.25) is 0 Å². The molecule has 0 aliphatic heterocycles. The second-order valence-electron chi connectivity index (χ2n) is 7.38. The van der Waals surface area contributed by atoms with Crippen molar-refractivity contribution in [3.63, 3.8) is 0 Å². The Morgan fingerprint density at radius 3 is 2.86 bits per heavy atom. The number of carbonyl (C=O) groups excluding carboxylic acids is 1. The number of aromatic nitrogens is 4. The van der Waals surface area contributed by atoms with Crippen LogP contribution in [0.1, 0.15) is 58.9 Å². The molecule has 4 rings (SSSR count). The first-order chi connectivity index (χ1) is 14.1. The summed E-state index contributed by atoms with van der Waals surface area (Å²) in [6.07, 6.45) is 7.71. The number of aryl methyl sites for hydroxylation is 3. The highest BCUT2D eigenvalue weighted by Crippen LogP contribution is 2.27. The molecule has 0 saturated carbocycles. The standard InChI is InChI=1S/C22H27N5O2/c1-4-27-20(17-10-5-6-11-18(17)25-27)22(28)24-19(21-23-12-13-26(21)2)15-8-7-9-16(14-15)29-3/h7-9,12-14,19H,4-6,10-11H2,1-3H3,(H,24,28)/t19-/m0/s1. The maximum atomic E-state index is 13.5. The third-order valence-corrected chi connectivity index (χ3v) is 5.56. The fraction of sp³-hybridized carbons (Fsp3) is 0.409. The van der Waals surface area contributed by atoms with Crippen molar-refractivity contribution in [1.82, 2.24) is 24.6 Å². The minimum Gasteiger partial charge on any atom is -0.497 e. The summed E-state index contributed by atoms with van der Waals surface area (Å²) in [6.45, 7) is 2.69. The van der Waals surface area contributed by atoms with Gasteiger partial charge >= 0.3 is 0 Å². The Morgan fingerprint density at radius 2 is 2.14 bits per heavy atom. The molecule has 0 unspecified atom stereocenters. The van der Waals surface area contributed by atoms with Gasteiger partial charge in [-0.1, -0.05) is 12.1 Å². The van der Waals surface area contributed by atoms with Crippen molar-refractivity contribution in [3.05, 3.63) is 65.0 Å². The molecule has 1 aromatic carbocycles. The Labute approximate surface area is 170 Å². The number of imidazole rings is 1. The molecule has 7 heteroatoms. The van der Waals surface area contributed by atoms with E-state index in [2.05, 4.69) is 10.3 Å². The number of benzene rings is 1. The lowest BCUT2D eigenvalue weighted by Crippen LogP contribution is -2.33. The Balaban J connectivity index is 1.73. The van der Waals surface area contributed by atoms with Crippen molar-refractivity contribution >= 4 is 5.91 Å². The van der Waals surface area contributed by atoms with Crippen LogP contribution in [0.5, 0.6) is 5.75 Å². The monoisotopic (exact) mass is 393 g/mol. The van der Waals surface area contributed by atoms with Crippen molar-refractivity contribution in [2.45, 2.75) is 45.2 Å². The number of hydrogen-bond donors (Lipinski definition) is 1.